The van der Waals surface area contributed by atoms with Crippen LogP contribution in [-0.4, -0.2) is 62.4 Å². The van der Waals surface area contributed by atoms with E-state index in [-0.39, 0.29) is 12.0 Å². The third kappa shape index (κ3) is 3.40. The fraction of sp³-hybridized carbons (Fsp3) is 0.632. The molecular formula is C19H26N2O4S. The molecule has 6 nitrogen and oxygen atoms in total. The lowest BCUT2D eigenvalue weighted by atomic mass is 9.92. The van der Waals surface area contributed by atoms with Crippen molar-refractivity contribution in [2.75, 3.05) is 32.8 Å². The van der Waals surface area contributed by atoms with E-state index in [9.17, 15) is 13.2 Å². The Morgan fingerprint density at radius 1 is 1.00 bits per heavy atom. The van der Waals surface area contributed by atoms with Gasteiger partial charge in [0.15, 0.2) is 0 Å². The lowest BCUT2D eigenvalue weighted by Gasteiger charge is -2.35. The first kappa shape index (κ1) is 17.9. The lowest BCUT2D eigenvalue weighted by molar-refractivity contribution is -0.142. The molecule has 142 valence electrons. The van der Waals surface area contributed by atoms with Crippen LogP contribution in [0.3, 0.4) is 0 Å². The van der Waals surface area contributed by atoms with E-state index in [0.29, 0.717) is 37.7 Å². The Morgan fingerprint density at radius 2 is 1.73 bits per heavy atom. The molecule has 0 spiro atoms. The number of hydrogen-bond donors (Lipinski definition) is 0. The first-order valence-electron chi connectivity index (χ1n) is 9.58. The zero-order chi connectivity index (χ0) is 18.1. The number of carbonyl (C=O) groups excluding carboxylic acids is 1. The van der Waals surface area contributed by atoms with Gasteiger partial charge in [0.2, 0.25) is 10.0 Å². The monoisotopic (exact) mass is 378 g/mol. The quantitative estimate of drug-likeness (QED) is 0.801. The molecule has 2 aliphatic heterocycles. The number of ether oxygens (including phenoxy) is 1. The van der Waals surface area contributed by atoms with Crippen molar-refractivity contribution in [2.24, 2.45) is 0 Å². The SMILES string of the molecule is O=C([C@H]1CCCO1)N1CCN(S(=O)(=O)c2ccc3c(c2)CCCC3)CC1. The molecular weight excluding hydrogens is 352 g/mol. The molecule has 0 saturated carbocycles. The largest absolute Gasteiger partial charge is 0.368 e. The van der Waals surface area contributed by atoms with Crippen molar-refractivity contribution in [2.45, 2.75) is 49.5 Å². The van der Waals surface area contributed by atoms with E-state index < -0.39 is 10.0 Å². The minimum atomic E-state index is -3.50. The standard InChI is InChI=1S/C19H26N2O4S/c22-19(18-6-3-13-25-18)20-9-11-21(12-10-20)26(23,24)17-8-7-15-4-1-2-5-16(15)14-17/h7-8,14,18H,1-6,9-13H2/t18-/m1/s1. The van der Waals surface area contributed by atoms with Crippen LogP contribution in [0.25, 0.3) is 0 Å². The van der Waals surface area contributed by atoms with E-state index in [1.54, 1.807) is 11.0 Å². The summed E-state index contributed by atoms with van der Waals surface area (Å²) in [7, 11) is -3.50. The fourth-order valence-corrected chi connectivity index (χ4v) is 5.62. The van der Waals surface area contributed by atoms with E-state index >= 15 is 0 Å². The number of amides is 1. The highest BCUT2D eigenvalue weighted by atomic mass is 32.2. The van der Waals surface area contributed by atoms with Gasteiger partial charge in [-0.15, -0.1) is 0 Å². The van der Waals surface area contributed by atoms with Gasteiger partial charge in [0, 0.05) is 32.8 Å². The number of hydrogen-bond acceptors (Lipinski definition) is 4. The third-order valence-electron chi connectivity index (χ3n) is 5.71. The van der Waals surface area contributed by atoms with Crippen LogP contribution in [-0.2, 0) is 32.4 Å². The Hall–Kier alpha value is -1.44. The summed E-state index contributed by atoms with van der Waals surface area (Å²) in [6.45, 7) is 2.20. The van der Waals surface area contributed by atoms with Crippen molar-refractivity contribution in [3.8, 4) is 0 Å². The smallest absolute Gasteiger partial charge is 0.251 e. The summed E-state index contributed by atoms with van der Waals surface area (Å²) in [5.41, 5.74) is 2.45. The van der Waals surface area contributed by atoms with Crippen molar-refractivity contribution >= 4 is 15.9 Å². The van der Waals surface area contributed by atoms with Crippen LogP contribution in [0.4, 0.5) is 0 Å². The van der Waals surface area contributed by atoms with Crippen LogP contribution < -0.4 is 0 Å². The van der Waals surface area contributed by atoms with Crippen molar-refractivity contribution in [3.63, 3.8) is 0 Å². The van der Waals surface area contributed by atoms with Crippen LogP contribution in [0.5, 0.6) is 0 Å². The van der Waals surface area contributed by atoms with E-state index in [2.05, 4.69) is 0 Å². The second kappa shape index (κ2) is 7.29. The summed E-state index contributed by atoms with van der Waals surface area (Å²) in [6.07, 6.45) is 5.66. The van der Waals surface area contributed by atoms with Gasteiger partial charge in [-0.3, -0.25) is 4.79 Å². The van der Waals surface area contributed by atoms with Gasteiger partial charge < -0.3 is 9.64 Å². The van der Waals surface area contributed by atoms with Gasteiger partial charge in [-0.1, -0.05) is 6.07 Å². The van der Waals surface area contributed by atoms with Crippen LogP contribution >= 0.6 is 0 Å². The minimum Gasteiger partial charge on any atom is -0.368 e. The summed E-state index contributed by atoms with van der Waals surface area (Å²) in [5.74, 6) is 0.00771. The van der Waals surface area contributed by atoms with Crippen molar-refractivity contribution in [1.82, 2.24) is 9.21 Å². The van der Waals surface area contributed by atoms with Crippen molar-refractivity contribution in [3.05, 3.63) is 29.3 Å². The van der Waals surface area contributed by atoms with Crippen LogP contribution in [0.1, 0.15) is 36.8 Å². The molecule has 0 N–H and O–H groups in total. The van der Waals surface area contributed by atoms with Crippen molar-refractivity contribution < 1.29 is 17.9 Å². The van der Waals surface area contributed by atoms with E-state index in [1.807, 2.05) is 12.1 Å². The van der Waals surface area contributed by atoms with Crippen LogP contribution in [0, 0.1) is 0 Å². The predicted octanol–water partition coefficient (Wildman–Crippen LogP) is 1.58. The molecule has 1 atom stereocenters. The molecule has 0 radical (unpaired) electrons. The maximum atomic E-state index is 13.0. The Bertz CT molecular complexity index is 779. The van der Waals surface area contributed by atoms with Gasteiger partial charge in [-0.05, 0) is 61.8 Å². The highest BCUT2D eigenvalue weighted by Gasteiger charge is 2.34. The number of sulfonamides is 1. The highest BCUT2D eigenvalue weighted by Crippen LogP contribution is 2.26. The van der Waals surface area contributed by atoms with Gasteiger partial charge in [0.1, 0.15) is 6.10 Å². The Balaban J connectivity index is 1.44. The molecule has 0 bridgehead atoms. The third-order valence-corrected chi connectivity index (χ3v) is 7.61. The number of rotatable bonds is 3. The van der Waals surface area contributed by atoms with Gasteiger partial charge in [-0.25, -0.2) is 8.42 Å². The zero-order valence-corrected chi connectivity index (χ0v) is 15.8. The Labute approximate surface area is 155 Å². The molecule has 1 aromatic rings. The maximum absolute atomic E-state index is 13.0. The summed E-state index contributed by atoms with van der Waals surface area (Å²) >= 11 is 0. The van der Waals surface area contributed by atoms with E-state index in [4.69, 9.17) is 4.74 Å². The Kier molecular flexibility index (Phi) is 5.03. The van der Waals surface area contributed by atoms with E-state index in [1.165, 1.54) is 21.9 Å². The molecule has 1 aliphatic carbocycles. The Morgan fingerprint density at radius 3 is 2.42 bits per heavy atom. The summed E-state index contributed by atoms with van der Waals surface area (Å²) in [4.78, 5) is 14.6. The van der Waals surface area contributed by atoms with Crippen LogP contribution in [0.15, 0.2) is 23.1 Å². The van der Waals surface area contributed by atoms with E-state index in [0.717, 1.165) is 32.1 Å². The molecule has 2 saturated heterocycles. The number of carbonyl (C=O) groups is 1. The molecule has 1 amide bonds. The highest BCUT2D eigenvalue weighted by molar-refractivity contribution is 7.89. The molecule has 26 heavy (non-hydrogen) atoms. The first-order chi connectivity index (χ1) is 12.6. The number of benzene rings is 1. The van der Waals surface area contributed by atoms with Gasteiger partial charge in [-0.2, -0.15) is 4.31 Å². The molecule has 4 rings (SSSR count). The second-order valence-electron chi connectivity index (χ2n) is 7.37. The van der Waals surface area contributed by atoms with Gasteiger partial charge >= 0.3 is 0 Å². The van der Waals surface area contributed by atoms with Gasteiger partial charge in [0.05, 0.1) is 4.90 Å². The average molecular weight is 378 g/mol. The number of piperazine rings is 1. The fourth-order valence-electron chi connectivity index (χ4n) is 4.14. The molecule has 1 aromatic carbocycles. The van der Waals surface area contributed by atoms with Crippen molar-refractivity contribution in [1.29, 1.82) is 0 Å². The topological polar surface area (TPSA) is 66.9 Å². The first-order valence-corrected chi connectivity index (χ1v) is 11.0. The normalized spacial score (nSPS) is 24.5. The molecule has 3 aliphatic rings. The summed E-state index contributed by atoms with van der Waals surface area (Å²) < 4.78 is 33.0. The molecule has 2 fully saturated rings. The maximum Gasteiger partial charge on any atom is 0.251 e. The summed E-state index contributed by atoms with van der Waals surface area (Å²) in [5, 5.41) is 0. The minimum absolute atomic E-state index is 0.00771. The van der Waals surface area contributed by atoms with Gasteiger partial charge in [0.25, 0.3) is 5.91 Å². The lowest BCUT2D eigenvalue weighted by Crippen LogP contribution is -2.52. The molecule has 0 aromatic heterocycles. The predicted molar refractivity (Wildman–Crippen MR) is 97.4 cm³/mol. The molecule has 7 heteroatoms. The number of fused-ring (bicyclic) bond motifs is 1. The molecule has 0 unspecified atom stereocenters. The average Bonchev–Trinajstić information content (AvgIpc) is 3.22. The molecule has 2 heterocycles. The zero-order valence-electron chi connectivity index (χ0n) is 15.0. The second-order valence-corrected chi connectivity index (χ2v) is 9.31. The number of aryl methyl sites for hydroxylation is 2. The van der Waals surface area contributed by atoms with Crippen LogP contribution in [0.2, 0.25) is 0 Å². The summed E-state index contributed by atoms with van der Waals surface area (Å²) in [6, 6.07) is 5.57. The number of nitrogens with zero attached hydrogens (tertiary/aromatic N) is 2.